The fraction of sp³-hybridized carbons (Fsp3) is 0.500. The Balaban J connectivity index is 1.73. The molecular formula is C16H22N4OS. The zero-order valence-electron chi connectivity index (χ0n) is 13.2. The normalized spacial score (nSPS) is 21.9. The highest BCUT2D eigenvalue weighted by atomic mass is 32.1. The van der Waals surface area contributed by atoms with E-state index < -0.39 is 0 Å². The number of aromatic nitrogens is 2. The highest BCUT2D eigenvalue weighted by Gasteiger charge is 2.25. The third-order valence-electron chi connectivity index (χ3n) is 3.96. The molecule has 2 atom stereocenters. The number of hydrogen-bond donors (Lipinski definition) is 1. The maximum Gasteiger partial charge on any atom is 0.205 e. The SMILES string of the molecule is COc1cccc(Cc2nsc(N3CC(C)NCC3C)n2)c1. The second kappa shape index (κ2) is 6.62. The van der Waals surface area contributed by atoms with Gasteiger partial charge in [0.05, 0.1) is 7.11 Å². The fourth-order valence-corrected chi connectivity index (χ4v) is 3.48. The predicted molar refractivity (Wildman–Crippen MR) is 90.0 cm³/mol. The number of anilines is 1. The van der Waals surface area contributed by atoms with Crippen LogP contribution in [-0.4, -0.2) is 41.6 Å². The fourth-order valence-electron chi connectivity index (χ4n) is 2.69. The number of benzene rings is 1. The minimum atomic E-state index is 0.453. The molecule has 5 nitrogen and oxygen atoms in total. The third-order valence-corrected chi connectivity index (χ3v) is 4.75. The van der Waals surface area contributed by atoms with Gasteiger partial charge in [-0.25, -0.2) is 4.98 Å². The molecular weight excluding hydrogens is 296 g/mol. The van der Waals surface area contributed by atoms with Crippen molar-refractivity contribution in [2.24, 2.45) is 0 Å². The number of methoxy groups -OCH3 is 1. The van der Waals surface area contributed by atoms with Crippen molar-refractivity contribution in [3.63, 3.8) is 0 Å². The van der Waals surface area contributed by atoms with Crippen LogP contribution < -0.4 is 15.0 Å². The molecule has 1 aromatic carbocycles. The summed E-state index contributed by atoms with van der Waals surface area (Å²) in [7, 11) is 1.69. The summed E-state index contributed by atoms with van der Waals surface area (Å²) in [5, 5.41) is 4.52. The van der Waals surface area contributed by atoms with E-state index in [1.165, 1.54) is 17.1 Å². The van der Waals surface area contributed by atoms with Gasteiger partial charge >= 0.3 is 0 Å². The molecule has 2 heterocycles. The highest BCUT2D eigenvalue weighted by Crippen LogP contribution is 2.23. The molecule has 1 saturated heterocycles. The average molecular weight is 318 g/mol. The van der Waals surface area contributed by atoms with Gasteiger partial charge in [0.2, 0.25) is 5.13 Å². The first-order valence-corrected chi connectivity index (χ1v) is 8.38. The molecule has 0 bridgehead atoms. The van der Waals surface area contributed by atoms with Crippen LogP contribution >= 0.6 is 11.5 Å². The van der Waals surface area contributed by atoms with Crippen LogP contribution in [-0.2, 0) is 6.42 Å². The number of piperazine rings is 1. The van der Waals surface area contributed by atoms with Crippen LogP contribution in [0.1, 0.15) is 25.2 Å². The molecule has 0 amide bonds. The van der Waals surface area contributed by atoms with Gasteiger partial charge in [-0.3, -0.25) is 0 Å². The lowest BCUT2D eigenvalue weighted by atomic mass is 10.1. The predicted octanol–water partition coefficient (Wildman–Crippen LogP) is 2.32. The second-order valence-electron chi connectivity index (χ2n) is 5.83. The van der Waals surface area contributed by atoms with E-state index in [9.17, 15) is 0 Å². The Hall–Kier alpha value is -1.66. The maximum absolute atomic E-state index is 5.27. The summed E-state index contributed by atoms with van der Waals surface area (Å²) in [4.78, 5) is 7.09. The molecule has 118 valence electrons. The molecule has 6 heteroatoms. The Morgan fingerprint density at radius 3 is 3.09 bits per heavy atom. The molecule has 0 spiro atoms. The van der Waals surface area contributed by atoms with Gasteiger partial charge in [0, 0.05) is 43.1 Å². The second-order valence-corrected chi connectivity index (χ2v) is 6.56. The zero-order valence-corrected chi connectivity index (χ0v) is 14.1. The molecule has 0 aliphatic carbocycles. The van der Waals surface area contributed by atoms with Crippen LogP contribution in [0.25, 0.3) is 0 Å². The van der Waals surface area contributed by atoms with Gasteiger partial charge in [-0.05, 0) is 31.5 Å². The van der Waals surface area contributed by atoms with Crippen LogP contribution in [0, 0.1) is 0 Å². The lowest BCUT2D eigenvalue weighted by molar-refractivity contribution is 0.414. The summed E-state index contributed by atoms with van der Waals surface area (Å²) in [6.07, 6.45) is 0.740. The minimum Gasteiger partial charge on any atom is -0.497 e. The van der Waals surface area contributed by atoms with E-state index in [0.717, 1.165) is 36.2 Å². The van der Waals surface area contributed by atoms with Crippen LogP contribution in [0.3, 0.4) is 0 Å². The number of rotatable bonds is 4. The van der Waals surface area contributed by atoms with Crippen molar-refractivity contribution in [1.29, 1.82) is 0 Å². The lowest BCUT2D eigenvalue weighted by Gasteiger charge is -2.37. The summed E-state index contributed by atoms with van der Waals surface area (Å²) in [5.41, 5.74) is 1.17. The highest BCUT2D eigenvalue weighted by molar-refractivity contribution is 7.09. The van der Waals surface area contributed by atoms with Crippen LogP contribution in [0.2, 0.25) is 0 Å². The number of hydrogen-bond acceptors (Lipinski definition) is 6. The van der Waals surface area contributed by atoms with Crippen molar-refractivity contribution in [1.82, 2.24) is 14.7 Å². The van der Waals surface area contributed by atoms with Crippen molar-refractivity contribution in [2.75, 3.05) is 25.1 Å². The van der Waals surface area contributed by atoms with Crippen LogP contribution in [0.5, 0.6) is 5.75 Å². The van der Waals surface area contributed by atoms with Crippen molar-refractivity contribution in [2.45, 2.75) is 32.4 Å². The summed E-state index contributed by atoms with van der Waals surface area (Å²) < 4.78 is 9.79. The van der Waals surface area contributed by atoms with Gasteiger partial charge in [-0.1, -0.05) is 12.1 Å². The van der Waals surface area contributed by atoms with E-state index in [-0.39, 0.29) is 0 Å². The largest absolute Gasteiger partial charge is 0.497 e. The topological polar surface area (TPSA) is 50.3 Å². The Kier molecular flexibility index (Phi) is 4.59. The van der Waals surface area contributed by atoms with Gasteiger partial charge in [-0.2, -0.15) is 4.37 Å². The standard InChI is InChI=1S/C16H22N4OS/c1-11-10-20(12(2)9-17-11)16-18-15(19-22-16)8-13-5-4-6-14(7-13)21-3/h4-7,11-12,17H,8-10H2,1-3H3. The Morgan fingerprint density at radius 2 is 2.27 bits per heavy atom. The molecule has 0 saturated carbocycles. The Morgan fingerprint density at radius 1 is 1.41 bits per heavy atom. The molecule has 22 heavy (non-hydrogen) atoms. The third kappa shape index (κ3) is 3.39. The molecule has 1 aromatic heterocycles. The first-order valence-electron chi connectivity index (χ1n) is 7.61. The maximum atomic E-state index is 5.27. The van der Waals surface area contributed by atoms with Crippen molar-refractivity contribution < 1.29 is 4.74 Å². The summed E-state index contributed by atoms with van der Waals surface area (Å²) in [6, 6.07) is 9.01. The van der Waals surface area contributed by atoms with E-state index in [4.69, 9.17) is 9.72 Å². The van der Waals surface area contributed by atoms with E-state index in [0.29, 0.717) is 12.1 Å². The number of nitrogens with one attached hydrogen (secondary N) is 1. The van der Waals surface area contributed by atoms with Crippen molar-refractivity contribution in [3.8, 4) is 5.75 Å². The lowest BCUT2D eigenvalue weighted by Crippen LogP contribution is -2.54. The minimum absolute atomic E-state index is 0.453. The monoisotopic (exact) mass is 318 g/mol. The van der Waals surface area contributed by atoms with Crippen molar-refractivity contribution in [3.05, 3.63) is 35.7 Å². The number of nitrogens with zero attached hydrogens (tertiary/aromatic N) is 3. The average Bonchev–Trinajstić information content (AvgIpc) is 2.98. The van der Waals surface area contributed by atoms with Gasteiger partial charge in [-0.15, -0.1) is 0 Å². The van der Waals surface area contributed by atoms with Gasteiger partial charge < -0.3 is 15.0 Å². The first kappa shape index (κ1) is 15.2. The molecule has 3 rings (SSSR count). The first-order chi connectivity index (χ1) is 10.7. The number of ether oxygens (including phenoxy) is 1. The Bertz CT molecular complexity index is 630. The zero-order chi connectivity index (χ0) is 15.5. The van der Waals surface area contributed by atoms with Crippen LogP contribution in [0.15, 0.2) is 24.3 Å². The van der Waals surface area contributed by atoms with E-state index in [1.807, 2.05) is 18.2 Å². The smallest absolute Gasteiger partial charge is 0.205 e. The summed E-state index contributed by atoms with van der Waals surface area (Å²) >= 11 is 1.50. The quantitative estimate of drug-likeness (QED) is 0.937. The molecule has 1 aliphatic rings. The van der Waals surface area contributed by atoms with Gasteiger partial charge in [0.1, 0.15) is 11.6 Å². The van der Waals surface area contributed by atoms with E-state index in [2.05, 4.69) is 34.5 Å². The molecule has 1 N–H and O–H groups in total. The molecule has 1 aliphatic heterocycles. The van der Waals surface area contributed by atoms with Gasteiger partial charge in [0.25, 0.3) is 0 Å². The van der Waals surface area contributed by atoms with E-state index >= 15 is 0 Å². The van der Waals surface area contributed by atoms with Gasteiger partial charge in [0.15, 0.2) is 0 Å². The van der Waals surface area contributed by atoms with E-state index in [1.54, 1.807) is 7.11 Å². The molecule has 2 aromatic rings. The molecule has 2 unspecified atom stereocenters. The Labute approximate surface area is 135 Å². The molecule has 1 fully saturated rings. The summed E-state index contributed by atoms with van der Waals surface area (Å²) in [6.45, 7) is 6.40. The van der Waals surface area contributed by atoms with Crippen LogP contribution in [0.4, 0.5) is 5.13 Å². The van der Waals surface area contributed by atoms with Crippen molar-refractivity contribution >= 4 is 16.7 Å². The molecule has 0 radical (unpaired) electrons. The summed E-state index contributed by atoms with van der Waals surface area (Å²) in [5.74, 6) is 1.75.